The van der Waals surface area contributed by atoms with E-state index in [-0.39, 0.29) is 17.5 Å². The van der Waals surface area contributed by atoms with Crippen LogP contribution in [0.3, 0.4) is 0 Å². The monoisotopic (exact) mass is 223 g/mol. The maximum absolute atomic E-state index is 11.4. The van der Waals surface area contributed by atoms with E-state index >= 15 is 0 Å². The van der Waals surface area contributed by atoms with Crippen molar-refractivity contribution in [1.29, 1.82) is 0 Å². The molecule has 0 aliphatic rings. The highest BCUT2D eigenvalue weighted by Crippen LogP contribution is 1.97. The molecule has 86 valence electrons. The van der Waals surface area contributed by atoms with Gasteiger partial charge in [-0.15, -0.1) is 0 Å². The molecule has 0 rings (SSSR count). The van der Waals surface area contributed by atoms with E-state index in [1.165, 1.54) is 0 Å². The highest BCUT2D eigenvalue weighted by Gasteiger charge is 2.11. The molecule has 0 radical (unpaired) electrons. The molecular weight excluding hydrogens is 202 g/mol. The van der Waals surface area contributed by atoms with E-state index in [9.17, 15) is 8.42 Å². The number of ether oxygens (including phenoxy) is 1. The van der Waals surface area contributed by atoms with E-state index in [2.05, 4.69) is 0 Å². The second-order valence-corrected chi connectivity index (χ2v) is 5.83. The molecule has 0 saturated heterocycles. The summed E-state index contributed by atoms with van der Waals surface area (Å²) in [5.41, 5.74) is 5.48. The zero-order chi connectivity index (χ0) is 11.0. The van der Waals surface area contributed by atoms with E-state index < -0.39 is 9.84 Å². The molecule has 0 aromatic carbocycles. The van der Waals surface area contributed by atoms with Crippen molar-refractivity contribution in [3.8, 4) is 0 Å². The summed E-state index contributed by atoms with van der Waals surface area (Å²) < 4.78 is 27.8. The first kappa shape index (κ1) is 13.9. The summed E-state index contributed by atoms with van der Waals surface area (Å²) in [5.74, 6) is 0.278. The van der Waals surface area contributed by atoms with Crippen LogP contribution in [0.1, 0.15) is 26.7 Å². The molecule has 1 atom stereocenters. The minimum Gasteiger partial charge on any atom is -0.380 e. The van der Waals surface area contributed by atoms with Gasteiger partial charge >= 0.3 is 0 Å². The Morgan fingerprint density at radius 3 is 2.43 bits per heavy atom. The van der Waals surface area contributed by atoms with Gasteiger partial charge < -0.3 is 10.5 Å². The summed E-state index contributed by atoms with van der Waals surface area (Å²) in [4.78, 5) is 0. The molecule has 0 bridgehead atoms. The quantitative estimate of drug-likeness (QED) is 0.611. The van der Waals surface area contributed by atoms with Crippen LogP contribution < -0.4 is 5.73 Å². The lowest BCUT2D eigenvalue weighted by molar-refractivity contribution is 0.149. The fourth-order valence-electron chi connectivity index (χ4n) is 0.900. The van der Waals surface area contributed by atoms with Gasteiger partial charge in [-0.25, -0.2) is 8.42 Å². The highest BCUT2D eigenvalue weighted by molar-refractivity contribution is 7.91. The molecule has 0 aliphatic heterocycles. The van der Waals surface area contributed by atoms with Gasteiger partial charge in [0.1, 0.15) is 0 Å². The van der Waals surface area contributed by atoms with Crippen molar-refractivity contribution < 1.29 is 13.2 Å². The molecular formula is C9H21NO3S. The van der Waals surface area contributed by atoms with Crippen molar-refractivity contribution in [1.82, 2.24) is 0 Å². The zero-order valence-electron chi connectivity index (χ0n) is 9.03. The molecule has 0 aromatic heterocycles. The van der Waals surface area contributed by atoms with Crippen LogP contribution in [-0.4, -0.2) is 39.2 Å². The third-order valence-electron chi connectivity index (χ3n) is 1.77. The fourth-order valence-corrected chi connectivity index (χ4v) is 2.21. The normalized spacial score (nSPS) is 14.2. The molecule has 0 amide bonds. The van der Waals surface area contributed by atoms with Crippen LogP contribution in [0.25, 0.3) is 0 Å². The largest absolute Gasteiger partial charge is 0.380 e. The van der Waals surface area contributed by atoms with Crippen molar-refractivity contribution in [2.45, 2.75) is 32.7 Å². The Morgan fingerprint density at radius 1 is 1.29 bits per heavy atom. The molecule has 14 heavy (non-hydrogen) atoms. The molecule has 4 nitrogen and oxygen atoms in total. The van der Waals surface area contributed by atoms with Crippen LogP contribution in [0.5, 0.6) is 0 Å². The first-order chi connectivity index (χ1) is 6.48. The summed E-state index contributed by atoms with van der Waals surface area (Å²) >= 11 is 0. The van der Waals surface area contributed by atoms with Gasteiger partial charge in [-0.05, 0) is 19.8 Å². The van der Waals surface area contributed by atoms with E-state index in [0.717, 1.165) is 6.42 Å². The van der Waals surface area contributed by atoms with Crippen LogP contribution in [0.2, 0.25) is 0 Å². The van der Waals surface area contributed by atoms with Gasteiger partial charge in [0.05, 0.1) is 18.1 Å². The Balaban J connectivity index is 3.62. The third kappa shape index (κ3) is 8.47. The number of hydrogen-bond acceptors (Lipinski definition) is 4. The van der Waals surface area contributed by atoms with Gasteiger partial charge in [-0.3, -0.25) is 0 Å². The molecule has 0 aliphatic carbocycles. The van der Waals surface area contributed by atoms with Crippen LogP contribution in [0.15, 0.2) is 0 Å². The Bertz CT molecular complexity index is 224. The predicted molar refractivity (Wildman–Crippen MR) is 58.0 cm³/mol. The zero-order valence-corrected chi connectivity index (χ0v) is 9.85. The van der Waals surface area contributed by atoms with Crippen LogP contribution in [-0.2, 0) is 14.6 Å². The topological polar surface area (TPSA) is 69.4 Å². The summed E-state index contributed by atoms with van der Waals surface area (Å²) in [6.07, 6.45) is 1.44. The minimum atomic E-state index is -2.96. The van der Waals surface area contributed by atoms with Gasteiger partial charge in [-0.1, -0.05) is 6.92 Å². The molecule has 5 heteroatoms. The van der Waals surface area contributed by atoms with Gasteiger partial charge in [0.15, 0.2) is 9.84 Å². The SMILES string of the molecule is CCCOCCS(=O)(=O)CCC(C)N. The van der Waals surface area contributed by atoms with Crippen LogP contribution in [0, 0.1) is 0 Å². The van der Waals surface area contributed by atoms with Crippen LogP contribution in [0.4, 0.5) is 0 Å². The molecule has 0 aromatic rings. The standard InChI is InChI=1S/C9H21NO3S/c1-3-5-13-6-8-14(11,12)7-4-9(2)10/h9H,3-8,10H2,1-2H3. The number of nitrogens with two attached hydrogens (primary N) is 1. The minimum absolute atomic E-state index is 0.0543. The summed E-state index contributed by atoms with van der Waals surface area (Å²) in [5, 5.41) is 0. The van der Waals surface area contributed by atoms with Crippen molar-refractivity contribution in [2.75, 3.05) is 24.7 Å². The second-order valence-electron chi connectivity index (χ2n) is 3.53. The predicted octanol–water partition coefficient (Wildman–Crippen LogP) is 0.565. The second kappa shape index (κ2) is 7.20. The average Bonchev–Trinajstić information content (AvgIpc) is 2.10. The lowest BCUT2D eigenvalue weighted by Gasteiger charge is -2.06. The lowest BCUT2D eigenvalue weighted by Crippen LogP contribution is -2.23. The molecule has 0 spiro atoms. The van der Waals surface area contributed by atoms with Gasteiger partial charge in [0.25, 0.3) is 0 Å². The van der Waals surface area contributed by atoms with Crippen molar-refractivity contribution >= 4 is 9.84 Å². The Hall–Kier alpha value is -0.130. The Morgan fingerprint density at radius 2 is 1.93 bits per heavy atom. The maximum atomic E-state index is 11.4. The molecule has 2 N–H and O–H groups in total. The van der Waals surface area contributed by atoms with E-state index in [1.807, 2.05) is 13.8 Å². The lowest BCUT2D eigenvalue weighted by atomic mass is 10.3. The molecule has 0 saturated carbocycles. The smallest absolute Gasteiger partial charge is 0.152 e. The highest BCUT2D eigenvalue weighted by atomic mass is 32.2. The van der Waals surface area contributed by atoms with E-state index in [4.69, 9.17) is 10.5 Å². The van der Waals surface area contributed by atoms with Gasteiger partial charge in [0, 0.05) is 12.6 Å². The van der Waals surface area contributed by atoms with E-state index in [0.29, 0.717) is 19.6 Å². The maximum Gasteiger partial charge on any atom is 0.152 e. The Labute approximate surface area is 86.7 Å². The van der Waals surface area contributed by atoms with Crippen LogP contribution >= 0.6 is 0 Å². The Kier molecular flexibility index (Phi) is 7.13. The first-order valence-corrected chi connectivity index (χ1v) is 6.84. The number of rotatable bonds is 8. The van der Waals surface area contributed by atoms with Crippen molar-refractivity contribution in [3.63, 3.8) is 0 Å². The van der Waals surface area contributed by atoms with Gasteiger partial charge in [-0.2, -0.15) is 0 Å². The first-order valence-electron chi connectivity index (χ1n) is 5.01. The molecule has 0 fully saturated rings. The number of hydrogen-bond donors (Lipinski definition) is 1. The average molecular weight is 223 g/mol. The summed E-state index contributed by atoms with van der Waals surface area (Å²) in [6.45, 7) is 4.73. The molecule has 1 unspecified atom stereocenters. The fraction of sp³-hybridized carbons (Fsp3) is 1.00. The van der Waals surface area contributed by atoms with Gasteiger partial charge in [0.2, 0.25) is 0 Å². The van der Waals surface area contributed by atoms with E-state index in [1.54, 1.807) is 0 Å². The summed E-state index contributed by atoms with van der Waals surface area (Å²) in [6, 6.07) is -0.0543. The van der Waals surface area contributed by atoms with Crippen molar-refractivity contribution in [2.24, 2.45) is 5.73 Å². The third-order valence-corrected chi connectivity index (χ3v) is 3.42. The number of sulfone groups is 1. The van der Waals surface area contributed by atoms with Crippen molar-refractivity contribution in [3.05, 3.63) is 0 Å². The summed E-state index contributed by atoms with van der Waals surface area (Å²) in [7, 11) is -2.96. The molecule has 0 heterocycles.